The Morgan fingerprint density at radius 3 is 3.05 bits per heavy atom. The summed E-state index contributed by atoms with van der Waals surface area (Å²) in [4.78, 5) is 16.3. The molecule has 1 amide bonds. The van der Waals surface area contributed by atoms with Crippen molar-refractivity contribution in [3.63, 3.8) is 0 Å². The van der Waals surface area contributed by atoms with Gasteiger partial charge in [0.2, 0.25) is 6.39 Å². The largest absolute Gasteiger partial charge is 0.396 e. The number of carbonyl (C=O) groups is 1. The predicted molar refractivity (Wildman–Crippen MR) is 75.6 cm³/mol. The number of hydrogen-bond acceptors (Lipinski definition) is 8. The molecule has 0 aliphatic heterocycles. The Bertz CT molecular complexity index is 698. The first-order valence-electron chi connectivity index (χ1n) is 6.31. The van der Waals surface area contributed by atoms with Gasteiger partial charge in [-0.1, -0.05) is 5.16 Å². The lowest BCUT2D eigenvalue weighted by molar-refractivity contribution is 0.0956. The molecule has 0 unspecified atom stereocenters. The number of nitrogens with one attached hydrogen (secondary N) is 2. The first-order chi connectivity index (χ1) is 10.2. The van der Waals surface area contributed by atoms with Crippen molar-refractivity contribution in [2.24, 2.45) is 0 Å². The second-order valence-electron chi connectivity index (χ2n) is 4.61. The van der Waals surface area contributed by atoms with Crippen molar-refractivity contribution < 1.29 is 9.32 Å². The summed E-state index contributed by atoms with van der Waals surface area (Å²) in [6.07, 6.45) is 3.20. The van der Waals surface area contributed by atoms with Crippen molar-refractivity contribution in [2.45, 2.75) is 25.4 Å². The van der Waals surface area contributed by atoms with Gasteiger partial charge in [-0.25, -0.2) is 0 Å². The highest BCUT2D eigenvalue weighted by Crippen LogP contribution is 2.35. The number of nitrogens with two attached hydrogens (primary N) is 1. The Morgan fingerprint density at radius 2 is 2.43 bits per heavy atom. The van der Waals surface area contributed by atoms with E-state index in [2.05, 4.69) is 25.3 Å². The molecule has 8 nitrogen and oxygen atoms in total. The van der Waals surface area contributed by atoms with E-state index >= 15 is 0 Å². The minimum absolute atomic E-state index is 0.205. The smallest absolute Gasteiger partial charge is 0.263 e. The fourth-order valence-corrected chi connectivity index (χ4v) is 2.73. The number of amides is 1. The molecule has 0 atom stereocenters. The molecular weight excluding hydrogens is 292 g/mol. The number of carbonyl (C=O) groups excluding carboxylic acids is 1. The van der Waals surface area contributed by atoms with Crippen LogP contribution in [-0.2, 0) is 6.54 Å². The van der Waals surface area contributed by atoms with E-state index in [0.29, 0.717) is 15.7 Å². The molecule has 1 aliphatic rings. The third-order valence-corrected chi connectivity index (χ3v) is 4.15. The molecule has 2 heterocycles. The molecule has 1 fully saturated rings. The van der Waals surface area contributed by atoms with Gasteiger partial charge in [0.15, 0.2) is 5.82 Å². The van der Waals surface area contributed by atoms with Gasteiger partial charge < -0.3 is 20.9 Å². The Balaban J connectivity index is 1.79. The molecule has 1 aliphatic carbocycles. The highest BCUT2D eigenvalue weighted by atomic mass is 32.1. The van der Waals surface area contributed by atoms with Crippen LogP contribution in [0.5, 0.6) is 0 Å². The van der Waals surface area contributed by atoms with Crippen molar-refractivity contribution in [3.8, 4) is 6.07 Å². The maximum Gasteiger partial charge on any atom is 0.263 e. The summed E-state index contributed by atoms with van der Waals surface area (Å²) in [5.74, 6) is 0.221. The van der Waals surface area contributed by atoms with Gasteiger partial charge in [-0.3, -0.25) is 4.79 Å². The number of aromatic nitrogens is 2. The van der Waals surface area contributed by atoms with Crippen LogP contribution in [0.15, 0.2) is 10.9 Å². The molecule has 2 aromatic rings. The number of nitrogens with zero attached hydrogens (tertiary/aromatic N) is 3. The molecule has 21 heavy (non-hydrogen) atoms. The van der Waals surface area contributed by atoms with Crippen LogP contribution in [0.25, 0.3) is 0 Å². The predicted octanol–water partition coefficient (Wildman–Crippen LogP) is 1.09. The first-order valence-corrected chi connectivity index (χ1v) is 7.13. The van der Waals surface area contributed by atoms with Crippen molar-refractivity contribution in [3.05, 3.63) is 22.7 Å². The van der Waals surface area contributed by atoms with Crippen LogP contribution in [0.4, 0.5) is 10.7 Å². The van der Waals surface area contributed by atoms with Gasteiger partial charge in [-0.15, -0.1) is 11.3 Å². The lowest BCUT2D eigenvalue weighted by atomic mass is 10.2. The maximum absolute atomic E-state index is 12.1. The van der Waals surface area contributed by atoms with Gasteiger partial charge in [0.05, 0.1) is 12.2 Å². The molecule has 108 valence electrons. The molecule has 0 radical (unpaired) electrons. The standard InChI is InChI=1S/C12H12N6O2S/c13-3-7-9(14)10(11(19)17-6-1-2-6)21-12(7)15-4-8-16-5-20-18-8/h5-6,15H,1-2,4,14H2,(H,17,19). The molecule has 0 saturated heterocycles. The fourth-order valence-electron chi connectivity index (χ4n) is 1.76. The third-order valence-electron chi connectivity index (χ3n) is 2.99. The monoisotopic (exact) mass is 304 g/mol. The third kappa shape index (κ3) is 2.80. The molecular formula is C12H12N6O2S. The van der Waals surface area contributed by atoms with Crippen molar-refractivity contribution >= 4 is 27.9 Å². The molecule has 1 saturated carbocycles. The maximum atomic E-state index is 12.1. The minimum Gasteiger partial charge on any atom is -0.396 e. The Kier molecular flexibility index (Phi) is 3.45. The fraction of sp³-hybridized carbons (Fsp3) is 0.333. The minimum atomic E-state index is -0.232. The van der Waals surface area contributed by atoms with E-state index < -0.39 is 0 Å². The topological polar surface area (TPSA) is 130 Å². The summed E-state index contributed by atoms with van der Waals surface area (Å²) < 4.78 is 4.63. The number of hydrogen-bond donors (Lipinski definition) is 3. The Labute approximate surface area is 123 Å². The van der Waals surface area contributed by atoms with Crippen LogP contribution < -0.4 is 16.4 Å². The molecule has 2 aromatic heterocycles. The summed E-state index contributed by atoms with van der Waals surface area (Å²) in [5, 5.41) is 19.3. The Hall–Kier alpha value is -2.60. The van der Waals surface area contributed by atoms with E-state index in [1.54, 1.807) is 0 Å². The van der Waals surface area contributed by atoms with Gasteiger partial charge in [0.1, 0.15) is 21.5 Å². The second-order valence-corrected chi connectivity index (χ2v) is 5.63. The summed E-state index contributed by atoms with van der Waals surface area (Å²) in [6, 6.07) is 2.25. The normalized spacial score (nSPS) is 13.7. The van der Waals surface area contributed by atoms with E-state index in [0.717, 1.165) is 24.2 Å². The van der Waals surface area contributed by atoms with Gasteiger partial charge in [0.25, 0.3) is 5.91 Å². The van der Waals surface area contributed by atoms with Crippen LogP contribution in [0.2, 0.25) is 0 Å². The lowest BCUT2D eigenvalue weighted by Gasteiger charge is -2.00. The van der Waals surface area contributed by atoms with Crippen molar-refractivity contribution in [1.29, 1.82) is 5.26 Å². The SMILES string of the molecule is N#Cc1c(NCc2ncon2)sc(C(=O)NC2CC2)c1N. The van der Waals surface area contributed by atoms with E-state index in [1.165, 1.54) is 6.39 Å². The van der Waals surface area contributed by atoms with Crippen molar-refractivity contribution in [2.75, 3.05) is 11.1 Å². The van der Waals surface area contributed by atoms with Crippen LogP contribution in [0.1, 0.15) is 33.9 Å². The molecule has 0 bridgehead atoms. The number of anilines is 2. The van der Waals surface area contributed by atoms with Crippen LogP contribution in [0.3, 0.4) is 0 Å². The number of nitriles is 1. The van der Waals surface area contributed by atoms with Crippen LogP contribution in [-0.4, -0.2) is 22.1 Å². The number of nitrogen functional groups attached to an aromatic ring is 1. The molecule has 0 spiro atoms. The highest BCUT2D eigenvalue weighted by molar-refractivity contribution is 7.18. The van der Waals surface area contributed by atoms with Gasteiger partial charge in [-0.2, -0.15) is 10.2 Å². The van der Waals surface area contributed by atoms with E-state index in [-0.39, 0.29) is 29.7 Å². The van der Waals surface area contributed by atoms with Crippen LogP contribution >= 0.6 is 11.3 Å². The molecule has 3 rings (SSSR count). The lowest BCUT2D eigenvalue weighted by Crippen LogP contribution is -2.25. The van der Waals surface area contributed by atoms with Gasteiger partial charge in [0, 0.05) is 6.04 Å². The van der Waals surface area contributed by atoms with Crippen LogP contribution in [0, 0.1) is 11.3 Å². The average Bonchev–Trinajstić information content (AvgIpc) is 3.02. The average molecular weight is 304 g/mol. The van der Waals surface area contributed by atoms with Gasteiger partial charge >= 0.3 is 0 Å². The summed E-state index contributed by atoms with van der Waals surface area (Å²) >= 11 is 1.15. The van der Waals surface area contributed by atoms with Gasteiger partial charge in [-0.05, 0) is 12.8 Å². The number of rotatable bonds is 5. The molecule has 4 N–H and O–H groups in total. The van der Waals surface area contributed by atoms with E-state index in [4.69, 9.17) is 5.73 Å². The van der Waals surface area contributed by atoms with E-state index in [9.17, 15) is 10.1 Å². The summed E-state index contributed by atoms with van der Waals surface area (Å²) in [7, 11) is 0. The zero-order valence-electron chi connectivity index (χ0n) is 10.9. The Morgan fingerprint density at radius 1 is 1.62 bits per heavy atom. The molecule has 0 aromatic carbocycles. The first kappa shape index (κ1) is 13.4. The second kappa shape index (κ2) is 5.41. The molecule has 9 heteroatoms. The summed E-state index contributed by atoms with van der Waals surface area (Å²) in [6.45, 7) is 0.287. The zero-order chi connectivity index (χ0) is 14.8. The summed E-state index contributed by atoms with van der Waals surface area (Å²) in [5.41, 5.74) is 6.37. The zero-order valence-corrected chi connectivity index (χ0v) is 11.7. The van der Waals surface area contributed by atoms with E-state index in [1.807, 2.05) is 6.07 Å². The quantitative estimate of drug-likeness (QED) is 0.753. The highest BCUT2D eigenvalue weighted by Gasteiger charge is 2.27. The van der Waals surface area contributed by atoms with Crippen molar-refractivity contribution in [1.82, 2.24) is 15.5 Å². The number of thiophene rings is 1.